The molecule has 0 atom stereocenters. The SMILES string of the molecule is CCNC(=NCc1cccc(-n2cccn2)c1)NCc1ccccc1OC(F)F. The fourth-order valence-electron chi connectivity index (χ4n) is 2.77. The van der Waals surface area contributed by atoms with Crippen LogP contribution >= 0.6 is 0 Å². The first-order valence-corrected chi connectivity index (χ1v) is 9.29. The summed E-state index contributed by atoms with van der Waals surface area (Å²) in [6.07, 6.45) is 3.61. The van der Waals surface area contributed by atoms with Crippen LogP contribution in [0.3, 0.4) is 0 Å². The number of guanidine groups is 1. The molecule has 8 heteroatoms. The number of para-hydroxylation sites is 1. The highest BCUT2D eigenvalue weighted by Crippen LogP contribution is 2.20. The predicted octanol–water partition coefficient (Wildman–Crippen LogP) is 3.73. The van der Waals surface area contributed by atoms with E-state index in [1.165, 1.54) is 6.07 Å². The van der Waals surface area contributed by atoms with Crippen molar-refractivity contribution in [2.45, 2.75) is 26.6 Å². The van der Waals surface area contributed by atoms with Gasteiger partial charge in [-0.25, -0.2) is 9.67 Å². The summed E-state index contributed by atoms with van der Waals surface area (Å²) in [6, 6.07) is 16.5. The summed E-state index contributed by atoms with van der Waals surface area (Å²) in [6.45, 7) is 0.541. The van der Waals surface area contributed by atoms with Gasteiger partial charge in [-0.15, -0.1) is 0 Å². The van der Waals surface area contributed by atoms with Crippen molar-refractivity contribution in [1.82, 2.24) is 20.4 Å². The molecule has 3 aromatic rings. The Bertz CT molecular complexity index is 928. The monoisotopic (exact) mass is 399 g/mol. The van der Waals surface area contributed by atoms with Gasteiger partial charge in [0.25, 0.3) is 0 Å². The number of hydrogen-bond acceptors (Lipinski definition) is 3. The van der Waals surface area contributed by atoms with Crippen molar-refractivity contribution in [2.24, 2.45) is 4.99 Å². The van der Waals surface area contributed by atoms with Gasteiger partial charge in [-0.1, -0.05) is 30.3 Å². The van der Waals surface area contributed by atoms with Crippen LogP contribution in [0.5, 0.6) is 5.75 Å². The number of halogens is 2. The maximum atomic E-state index is 12.6. The molecule has 0 spiro atoms. The third-order valence-electron chi connectivity index (χ3n) is 4.08. The maximum Gasteiger partial charge on any atom is 0.387 e. The molecule has 3 rings (SSSR count). The predicted molar refractivity (Wildman–Crippen MR) is 108 cm³/mol. The second-order valence-electron chi connectivity index (χ2n) is 6.16. The first-order valence-electron chi connectivity index (χ1n) is 9.29. The Morgan fingerprint density at radius 2 is 2.00 bits per heavy atom. The summed E-state index contributed by atoms with van der Waals surface area (Å²) in [7, 11) is 0. The van der Waals surface area contributed by atoms with E-state index in [2.05, 4.69) is 25.5 Å². The van der Waals surface area contributed by atoms with E-state index in [4.69, 9.17) is 0 Å². The molecule has 0 aliphatic carbocycles. The largest absolute Gasteiger partial charge is 0.434 e. The van der Waals surface area contributed by atoms with Crippen molar-refractivity contribution in [3.63, 3.8) is 0 Å². The average Bonchev–Trinajstić information content (AvgIpc) is 3.26. The lowest BCUT2D eigenvalue weighted by molar-refractivity contribution is -0.0504. The lowest BCUT2D eigenvalue weighted by atomic mass is 10.2. The number of aromatic nitrogens is 2. The van der Waals surface area contributed by atoms with Crippen molar-refractivity contribution in [2.75, 3.05) is 6.54 Å². The van der Waals surface area contributed by atoms with Crippen molar-refractivity contribution in [3.8, 4) is 11.4 Å². The van der Waals surface area contributed by atoms with Crippen LogP contribution in [-0.2, 0) is 13.1 Å². The number of rotatable bonds is 8. The van der Waals surface area contributed by atoms with E-state index in [-0.39, 0.29) is 5.75 Å². The average molecular weight is 399 g/mol. The van der Waals surface area contributed by atoms with Crippen molar-refractivity contribution in [3.05, 3.63) is 78.1 Å². The van der Waals surface area contributed by atoms with Gasteiger partial charge in [-0.3, -0.25) is 0 Å². The zero-order chi connectivity index (χ0) is 20.5. The molecule has 0 saturated heterocycles. The Balaban J connectivity index is 1.67. The summed E-state index contributed by atoms with van der Waals surface area (Å²) in [5, 5.41) is 10.6. The number of benzene rings is 2. The van der Waals surface area contributed by atoms with Crippen LogP contribution in [0.15, 0.2) is 72.0 Å². The summed E-state index contributed by atoms with van der Waals surface area (Å²) in [5.74, 6) is 0.738. The number of nitrogens with zero attached hydrogens (tertiary/aromatic N) is 3. The van der Waals surface area contributed by atoms with Gasteiger partial charge in [0.15, 0.2) is 5.96 Å². The van der Waals surface area contributed by atoms with Crippen LogP contribution < -0.4 is 15.4 Å². The second kappa shape index (κ2) is 10.2. The lowest BCUT2D eigenvalue weighted by Gasteiger charge is -2.14. The molecule has 0 aliphatic heterocycles. The number of ether oxygens (including phenoxy) is 1. The van der Waals surface area contributed by atoms with E-state index in [0.717, 1.165) is 11.3 Å². The first-order chi connectivity index (χ1) is 14.2. The minimum Gasteiger partial charge on any atom is -0.434 e. The van der Waals surface area contributed by atoms with E-state index in [1.807, 2.05) is 43.5 Å². The molecule has 0 aliphatic rings. The smallest absolute Gasteiger partial charge is 0.387 e. The molecule has 29 heavy (non-hydrogen) atoms. The van der Waals surface area contributed by atoms with E-state index in [0.29, 0.717) is 31.2 Å². The number of aliphatic imine (C=N–C) groups is 1. The van der Waals surface area contributed by atoms with Crippen LogP contribution in [0.2, 0.25) is 0 Å². The molecule has 6 nitrogen and oxygen atoms in total. The van der Waals surface area contributed by atoms with Crippen LogP contribution in [0, 0.1) is 0 Å². The summed E-state index contributed by atoms with van der Waals surface area (Å²) in [4.78, 5) is 4.59. The third-order valence-corrected chi connectivity index (χ3v) is 4.08. The van der Waals surface area contributed by atoms with E-state index in [9.17, 15) is 8.78 Å². The normalized spacial score (nSPS) is 11.5. The minimum atomic E-state index is -2.86. The molecule has 0 amide bonds. The fourth-order valence-corrected chi connectivity index (χ4v) is 2.77. The van der Waals surface area contributed by atoms with E-state index in [1.54, 1.807) is 29.1 Å². The van der Waals surface area contributed by atoms with Gasteiger partial charge in [0.1, 0.15) is 5.75 Å². The van der Waals surface area contributed by atoms with Gasteiger partial charge in [-0.2, -0.15) is 13.9 Å². The zero-order valence-electron chi connectivity index (χ0n) is 16.1. The minimum absolute atomic E-state index is 0.151. The summed E-state index contributed by atoms with van der Waals surface area (Å²) < 4.78 is 31.5. The topological polar surface area (TPSA) is 63.5 Å². The Hall–Kier alpha value is -3.42. The summed E-state index contributed by atoms with van der Waals surface area (Å²) >= 11 is 0. The van der Waals surface area contributed by atoms with Gasteiger partial charge in [-0.05, 0) is 36.8 Å². The standard InChI is InChI=1S/C21H23F2N5O/c1-2-24-21(26-15-17-8-3-4-10-19(17)29-20(22)23)25-14-16-7-5-9-18(13-16)28-12-6-11-27-28/h3-13,20H,2,14-15H2,1H3,(H2,24,25,26). The Labute approximate surface area is 168 Å². The quantitative estimate of drug-likeness (QED) is 0.448. The number of alkyl halides is 2. The van der Waals surface area contributed by atoms with E-state index < -0.39 is 6.61 Å². The first kappa shape index (κ1) is 20.3. The van der Waals surface area contributed by atoms with Crippen molar-refractivity contribution in [1.29, 1.82) is 0 Å². The van der Waals surface area contributed by atoms with Crippen LogP contribution in [0.25, 0.3) is 5.69 Å². The summed E-state index contributed by atoms with van der Waals surface area (Å²) in [5.41, 5.74) is 2.61. The molecule has 1 aromatic heterocycles. The van der Waals surface area contributed by atoms with Gasteiger partial charge in [0.2, 0.25) is 0 Å². The number of nitrogens with one attached hydrogen (secondary N) is 2. The molecular formula is C21H23F2N5O. The number of hydrogen-bond donors (Lipinski definition) is 2. The second-order valence-corrected chi connectivity index (χ2v) is 6.16. The highest BCUT2D eigenvalue weighted by Gasteiger charge is 2.09. The Kier molecular flexibility index (Phi) is 7.16. The molecule has 2 N–H and O–H groups in total. The molecule has 0 radical (unpaired) electrons. The third kappa shape index (κ3) is 6.03. The molecule has 0 bridgehead atoms. The molecule has 0 fully saturated rings. The van der Waals surface area contributed by atoms with E-state index >= 15 is 0 Å². The zero-order valence-corrected chi connectivity index (χ0v) is 16.1. The molecule has 152 valence electrons. The van der Waals surface area contributed by atoms with Gasteiger partial charge in [0.05, 0.1) is 12.2 Å². The van der Waals surface area contributed by atoms with Gasteiger partial charge >= 0.3 is 6.61 Å². The lowest BCUT2D eigenvalue weighted by Crippen LogP contribution is -2.36. The highest BCUT2D eigenvalue weighted by molar-refractivity contribution is 5.79. The molecular weight excluding hydrogens is 376 g/mol. The van der Waals surface area contributed by atoms with Crippen LogP contribution in [-0.4, -0.2) is 28.9 Å². The molecule has 1 heterocycles. The molecule has 2 aromatic carbocycles. The molecule has 0 saturated carbocycles. The Morgan fingerprint density at radius 3 is 2.76 bits per heavy atom. The van der Waals surface area contributed by atoms with Crippen molar-refractivity contribution >= 4 is 5.96 Å². The fraction of sp³-hybridized carbons (Fsp3) is 0.238. The Morgan fingerprint density at radius 1 is 1.14 bits per heavy atom. The van der Waals surface area contributed by atoms with Crippen molar-refractivity contribution < 1.29 is 13.5 Å². The van der Waals surface area contributed by atoms with Gasteiger partial charge < -0.3 is 15.4 Å². The molecule has 0 unspecified atom stereocenters. The van der Waals surface area contributed by atoms with Crippen LogP contribution in [0.4, 0.5) is 8.78 Å². The van der Waals surface area contributed by atoms with Crippen LogP contribution in [0.1, 0.15) is 18.1 Å². The maximum absolute atomic E-state index is 12.6. The highest BCUT2D eigenvalue weighted by atomic mass is 19.3. The van der Waals surface area contributed by atoms with Gasteiger partial charge in [0, 0.05) is 31.0 Å².